The van der Waals surface area contributed by atoms with Gasteiger partial charge in [-0.2, -0.15) is 0 Å². The predicted octanol–water partition coefficient (Wildman–Crippen LogP) is 3.45. The fraction of sp³-hybridized carbons (Fsp3) is 0.190. The van der Waals surface area contributed by atoms with Crippen LogP contribution >= 0.6 is 0 Å². The second-order valence-electron chi connectivity index (χ2n) is 6.72. The summed E-state index contributed by atoms with van der Waals surface area (Å²) in [5.41, 5.74) is 15.8. The molecule has 3 aromatic rings. The molecule has 3 aromatic carbocycles. The zero-order valence-electron chi connectivity index (χ0n) is 14.0. The Labute approximate surface area is 146 Å². The average molecular weight is 328 g/mol. The smallest absolute Gasteiger partial charge is 0.213 e. The first-order chi connectivity index (χ1) is 12.3. The number of nitrogens with zero attached hydrogens (tertiary/aromatic N) is 2. The van der Waals surface area contributed by atoms with Gasteiger partial charge < -0.3 is 5.73 Å². The summed E-state index contributed by atoms with van der Waals surface area (Å²) < 4.78 is 0. The number of nitrogens with two attached hydrogens (primary N) is 1. The van der Waals surface area contributed by atoms with Crippen molar-refractivity contribution in [3.8, 4) is 0 Å². The highest BCUT2D eigenvalue weighted by atomic mass is 15.5. The lowest BCUT2D eigenvalue weighted by molar-refractivity contribution is 0.794. The van der Waals surface area contributed by atoms with Crippen molar-refractivity contribution in [2.45, 2.75) is 19.3 Å². The minimum Gasteiger partial charge on any atom is -0.368 e. The molecule has 0 radical (unpaired) electrons. The summed E-state index contributed by atoms with van der Waals surface area (Å²) in [6, 6.07) is 19.2. The van der Waals surface area contributed by atoms with Gasteiger partial charge in [-0.25, -0.2) is 4.99 Å². The van der Waals surface area contributed by atoms with E-state index in [2.05, 4.69) is 70.0 Å². The van der Waals surface area contributed by atoms with Gasteiger partial charge in [0.1, 0.15) is 0 Å². The van der Waals surface area contributed by atoms with Crippen LogP contribution in [-0.2, 0) is 19.3 Å². The Hall–Kier alpha value is -3.01. The summed E-state index contributed by atoms with van der Waals surface area (Å²) in [6.07, 6.45) is 3.27. The van der Waals surface area contributed by atoms with Crippen LogP contribution in [0.4, 0.5) is 11.4 Å². The molecule has 0 fully saturated rings. The maximum Gasteiger partial charge on any atom is 0.213 e. The first-order valence-electron chi connectivity index (χ1n) is 8.79. The van der Waals surface area contributed by atoms with Crippen molar-refractivity contribution in [3.63, 3.8) is 0 Å². The summed E-state index contributed by atoms with van der Waals surface area (Å²) in [7, 11) is 0. The average Bonchev–Trinajstić information content (AvgIpc) is 3.23. The molecule has 1 aliphatic carbocycles. The summed E-state index contributed by atoms with van der Waals surface area (Å²) >= 11 is 0. The maximum absolute atomic E-state index is 6.22. The SMILES string of the molecule is NC(=Nc1ccc2c3c(cccc13)CC2)NN1CCc2ccccc21. The van der Waals surface area contributed by atoms with Crippen molar-refractivity contribution >= 4 is 28.1 Å². The van der Waals surface area contributed by atoms with Crippen LogP contribution < -0.4 is 16.2 Å². The highest BCUT2D eigenvalue weighted by molar-refractivity contribution is 6.00. The van der Waals surface area contributed by atoms with Crippen LogP contribution in [0, 0.1) is 0 Å². The van der Waals surface area contributed by atoms with Gasteiger partial charge in [-0.3, -0.25) is 10.4 Å². The Morgan fingerprint density at radius 2 is 1.68 bits per heavy atom. The molecule has 0 atom stereocenters. The van der Waals surface area contributed by atoms with Crippen LogP contribution in [0.15, 0.2) is 59.6 Å². The molecule has 1 aliphatic heterocycles. The second kappa shape index (κ2) is 5.52. The van der Waals surface area contributed by atoms with Crippen molar-refractivity contribution in [1.29, 1.82) is 0 Å². The molecular formula is C21H20N4. The Kier molecular flexibility index (Phi) is 3.17. The standard InChI is InChI=1S/C21H20N4/c22-21(24-25-13-12-14-4-1-2-7-19(14)25)23-18-11-10-16-9-8-15-5-3-6-17(18)20(15)16/h1-7,10-11H,8-9,12-13H2,(H3,22,23,24). The number of hydrogen-bond acceptors (Lipinski definition) is 2. The number of aliphatic imine (C=N–C) groups is 1. The number of rotatable bonds is 2. The summed E-state index contributed by atoms with van der Waals surface area (Å²) in [5, 5.41) is 4.64. The number of guanidine groups is 1. The number of anilines is 1. The second-order valence-corrected chi connectivity index (χ2v) is 6.72. The summed E-state index contributed by atoms with van der Waals surface area (Å²) in [6.45, 7) is 0.902. The predicted molar refractivity (Wildman–Crippen MR) is 103 cm³/mol. The molecule has 0 amide bonds. The van der Waals surface area contributed by atoms with E-state index in [1.54, 1.807) is 0 Å². The van der Waals surface area contributed by atoms with Crippen LogP contribution in [0.1, 0.15) is 16.7 Å². The molecule has 1 heterocycles. The number of fused-ring (bicyclic) bond motifs is 1. The Morgan fingerprint density at radius 3 is 2.60 bits per heavy atom. The van der Waals surface area contributed by atoms with Crippen molar-refractivity contribution < 1.29 is 0 Å². The van der Waals surface area contributed by atoms with Gasteiger partial charge in [0.15, 0.2) is 0 Å². The first kappa shape index (κ1) is 14.3. The Balaban J connectivity index is 1.48. The quantitative estimate of drug-likeness (QED) is 0.559. The van der Waals surface area contributed by atoms with Crippen molar-refractivity contribution in [2.75, 3.05) is 11.6 Å². The van der Waals surface area contributed by atoms with Crippen LogP contribution in [0.3, 0.4) is 0 Å². The van der Waals surface area contributed by atoms with E-state index in [-0.39, 0.29) is 0 Å². The molecule has 4 nitrogen and oxygen atoms in total. The molecular weight excluding hydrogens is 308 g/mol. The molecule has 124 valence electrons. The molecule has 0 bridgehead atoms. The van der Waals surface area contributed by atoms with E-state index >= 15 is 0 Å². The highest BCUT2D eigenvalue weighted by Crippen LogP contribution is 2.36. The van der Waals surface area contributed by atoms with Crippen LogP contribution in [-0.4, -0.2) is 12.5 Å². The van der Waals surface area contributed by atoms with E-state index in [1.807, 2.05) is 0 Å². The van der Waals surface area contributed by atoms with Gasteiger partial charge in [0.05, 0.1) is 11.4 Å². The van der Waals surface area contributed by atoms with Gasteiger partial charge in [-0.15, -0.1) is 0 Å². The fourth-order valence-electron chi connectivity index (χ4n) is 4.08. The van der Waals surface area contributed by atoms with E-state index in [9.17, 15) is 0 Å². The van der Waals surface area contributed by atoms with Crippen LogP contribution in [0.2, 0.25) is 0 Å². The molecule has 0 spiro atoms. The fourth-order valence-corrected chi connectivity index (χ4v) is 4.08. The van der Waals surface area contributed by atoms with Crippen LogP contribution in [0.25, 0.3) is 10.8 Å². The largest absolute Gasteiger partial charge is 0.368 e. The first-order valence-corrected chi connectivity index (χ1v) is 8.79. The topological polar surface area (TPSA) is 53.6 Å². The number of nitrogens with one attached hydrogen (secondary N) is 1. The molecule has 0 saturated carbocycles. The Morgan fingerprint density at radius 1 is 0.880 bits per heavy atom. The zero-order valence-corrected chi connectivity index (χ0v) is 14.0. The lowest BCUT2D eigenvalue weighted by Gasteiger charge is -2.21. The van der Waals surface area contributed by atoms with Crippen LogP contribution in [0.5, 0.6) is 0 Å². The third-order valence-electron chi connectivity index (χ3n) is 5.23. The van der Waals surface area contributed by atoms with Gasteiger partial charge in [0.25, 0.3) is 0 Å². The van der Waals surface area contributed by atoms with Crippen molar-refractivity contribution in [1.82, 2.24) is 5.43 Å². The van der Waals surface area contributed by atoms with Gasteiger partial charge in [0.2, 0.25) is 5.96 Å². The number of aryl methyl sites for hydroxylation is 2. The highest BCUT2D eigenvalue weighted by Gasteiger charge is 2.19. The minimum absolute atomic E-state index is 0.426. The molecule has 3 N–H and O–H groups in total. The molecule has 25 heavy (non-hydrogen) atoms. The van der Waals surface area contributed by atoms with Gasteiger partial charge >= 0.3 is 0 Å². The van der Waals surface area contributed by atoms with E-state index < -0.39 is 0 Å². The molecule has 0 unspecified atom stereocenters. The summed E-state index contributed by atoms with van der Waals surface area (Å²) in [5.74, 6) is 0.426. The van der Waals surface area contributed by atoms with E-state index in [4.69, 9.17) is 5.73 Å². The lowest BCUT2D eigenvalue weighted by Crippen LogP contribution is -2.45. The minimum atomic E-state index is 0.426. The van der Waals surface area contributed by atoms with E-state index in [0.29, 0.717) is 5.96 Å². The monoisotopic (exact) mass is 328 g/mol. The molecule has 0 saturated heterocycles. The molecule has 5 rings (SSSR count). The van der Waals surface area contributed by atoms with Gasteiger partial charge in [-0.05, 0) is 53.5 Å². The van der Waals surface area contributed by atoms with Gasteiger partial charge in [-0.1, -0.05) is 42.5 Å². The molecule has 0 aromatic heterocycles. The van der Waals surface area contributed by atoms with Crippen molar-refractivity contribution in [2.24, 2.45) is 10.7 Å². The summed E-state index contributed by atoms with van der Waals surface area (Å²) in [4.78, 5) is 4.68. The molecule has 2 aliphatic rings. The number of benzene rings is 3. The number of hydrogen-bond donors (Lipinski definition) is 2. The third-order valence-corrected chi connectivity index (χ3v) is 5.23. The number of para-hydroxylation sites is 1. The van der Waals surface area contributed by atoms with Gasteiger partial charge in [0, 0.05) is 11.9 Å². The van der Waals surface area contributed by atoms with Crippen molar-refractivity contribution in [3.05, 3.63) is 71.3 Å². The third kappa shape index (κ3) is 2.33. The normalized spacial score (nSPS) is 15.7. The lowest BCUT2D eigenvalue weighted by atomic mass is 10.0. The zero-order chi connectivity index (χ0) is 16.8. The van der Waals surface area contributed by atoms with E-state index in [1.165, 1.54) is 33.2 Å². The van der Waals surface area contributed by atoms with E-state index in [0.717, 1.165) is 31.5 Å². The number of hydrazine groups is 1. The maximum atomic E-state index is 6.22. The molecule has 4 heteroatoms. The Bertz CT molecular complexity index is 996.